The van der Waals surface area contributed by atoms with Gasteiger partial charge in [-0.3, -0.25) is 4.79 Å². The van der Waals surface area contributed by atoms with Crippen molar-refractivity contribution >= 4 is 11.6 Å². The third-order valence-electron chi connectivity index (χ3n) is 3.26. The van der Waals surface area contributed by atoms with E-state index in [2.05, 4.69) is 10.6 Å². The average molecular weight is 264 g/mol. The van der Waals surface area contributed by atoms with Crippen LogP contribution in [0.5, 0.6) is 5.75 Å². The molecule has 0 bridgehead atoms. The number of ether oxygens (including phenoxy) is 1. The summed E-state index contributed by atoms with van der Waals surface area (Å²) in [5.41, 5.74) is 1.78. The molecule has 19 heavy (non-hydrogen) atoms. The van der Waals surface area contributed by atoms with Crippen LogP contribution in [0.25, 0.3) is 0 Å². The van der Waals surface area contributed by atoms with Gasteiger partial charge in [0.25, 0.3) is 5.91 Å². The Morgan fingerprint density at radius 2 is 2.32 bits per heavy atom. The summed E-state index contributed by atoms with van der Waals surface area (Å²) in [6.07, 6.45) is 0.233. The summed E-state index contributed by atoms with van der Waals surface area (Å²) < 4.78 is 5.70. The van der Waals surface area contributed by atoms with E-state index in [0.29, 0.717) is 24.4 Å². The topological polar surface area (TPSA) is 70.6 Å². The highest BCUT2D eigenvalue weighted by atomic mass is 16.5. The van der Waals surface area contributed by atoms with Crippen molar-refractivity contribution in [3.05, 3.63) is 23.8 Å². The Bertz CT molecular complexity index is 462. The van der Waals surface area contributed by atoms with Gasteiger partial charge in [-0.15, -0.1) is 0 Å². The number of benzene rings is 1. The second-order valence-corrected chi connectivity index (χ2v) is 4.66. The molecule has 2 rings (SSSR count). The molecule has 2 unspecified atom stereocenters. The molecule has 5 nitrogen and oxygen atoms in total. The maximum absolute atomic E-state index is 11.7. The smallest absolute Gasteiger partial charge is 0.265 e. The van der Waals surface area contributed by atoms with E-state index in [9.17, 15) is 4.79 Å². The first-order valence-electron chi connectivity index (χ1n) is 6.61. The SMILES string of the molecule is CCC1Oc2cc(C(C)NCCO)ccc2NC1=O. The largest absolute Gasteiger partial charge is 0.478 e. The maximum Gasteiger partial charge on any atom is 0.265 e. The average Bonchev–Trinajstić information content (AvgIpc) is 2.43. The Morgan fingerprint density at radius 3 is 3.00 bits per heavy atom. The fraction of sp³-hybridized carbons (Fsp3) is 0.500. The second kappa shape index (κ2) is 6.04. The summed E-state index contributed by atoms with van der Waals surface area (Å²) in [5, 5.41) is 14.9. The second-order valence-electron chi connectivity index (χ2n) is 4.66. The first-order valence-corrected chi connectivity index (χ1v) is 6.61. The Hall–Kier alpha value is -1.59. The molecule has 1 aromatic carbocycles. The maximum atomic E-state index is 11.7. The van der Waals surface area contributed by atoms with E-state index in [1.165, 1.54) is 0 Å². The van der Waals surface area contributed by atoms with Crippen LogP contribution in [0.4, 0.5) is 5.69 Å². The number of amides is 1. The minimum absolute atomic E-state index is 0.0887. The van der Waals surface area contributed by atoms with E-state index in [-0.39, 0.29) is 18.6 Å². The zero-order chi connectivity index (χ0) is 13.8. The molecule has 0 aromatic heterocycles. The standard InChI is InChI=1S/C14H20N2O3/c1-3-12-14(18)16-11-5-4-10(8-13(11)19-12)9(2)15-6-7-17/h4-5,8-9,12,15,17H,3,6-7H2,1-2H3,(H,16,18). The molecule has 1 heterocycles. The van der Waals surface area contributed by atoms with Crippen LogP contribution in [0, 0.1) is 0 Å². The van der Waals surface area contributed by atoms with Gasteiger partial charge in [0.15, 0.2) is 6.10 Å². The summed E-state index contributed by atoms with van der Waals surface area (Å²) in [4.78, 5) is 11.7. The van der Waals surface area contributed by atoms with Gasteiger partial charge in [0.1, 0.15) is 5.75 Å². The molecular formula is C14H20N2O3. The highest BCUT2D eigenvalue weighted by molar-refractivity contribution is 5.97. The Morgan fingerprint density at radius 1 is 1.53 bits per heavy atom. The molecule has 0 saturated heterocycles. The zero-order valence-electron chi connectivity index (χ0n) is 11.3. The molecule has 1 amide bonds. The first kappa shape index (κ1) is 13.8. The molecule has 0 saturated carbocycles. The van der Waals surface area contributed by atoms with Crippen LogP contribution in [0.1, 0.15) is 31.9 Å². The third-order valence-corrected chi connectivity index (χ3v) is 3.26. The van der Waals surface area contributed by atoms with Gasteiger partial charge in [-0.05, 0) is 31.0 Å². The van der Waals surface area contributed by atoms with Gasteiger partial charge in [0, 0.05) is 12.6 Å². The summed E-state index contributed by atoms with van der Waals surface area (Å²) in [7, 11) is 0. The normalized spacial score (nSPS) is 19.3. The number of anilines is 1. The van der Waals surface area contributed by atoms with Gasteiger partial charge in [-0.2, -0.15) is 0 Å². The summed E-state index contributed by atoms with van der Waals surface area (Å²) >= 11 is 0. The van der Waals surface area contributed by atoms with Crippen molar-refractivity contribution in [2.45, 2.75) is 32.4 Å². The van der Waals surface area contributed by atoms with E-state index < -0.39 is 6.10 Å². The number of carbonyl (C=O) groups is 1. The van der Waals surface area contributed by atoms with E-state index in [1.807, 2.05) is 32.0 Å². The van der Waals surface area contributed by atoms with E-state index >= 15 is 0 Å². The molecule has 3 N–H and O–H groups in total. The summed E-state index contributed by atoms with van der Waals surface area (Å²) in [5.74, 6) is 0.621. The monoisotopic (exact) mass is 264 g/mol. The van der Waals surface area contributed by atoms with Crippen LogP contribution in [0.2, 0.25) is 0 Å². The van der Waals surface area contributed by atoms with Gasteiger partial charge in [-0.1, -0.05) is 13.0 Å². The van der Waals surface area contributed by atoms with Crippen molar-refractivity contribution in [1.29, 1.82) is 0 Å². The van der Waals surface area contributed by atoms with E-state index in [4.69, 9.17) is 9.84 Å². The number of hydrogen-bond donors (Lipinski definition) is 3. The Labute approximate surface area is 113 Å². The molecule has 104 valence electrons. The summed E-state index contributed by atoms with van der Waals surface area (Å²) in [6, 6.07) is 5.86. The number of aliphatic hydroxyl groups excluding tert-OH is 1. The van der Waals surface area contributed by atoms with Crippen molar-refractivity contribution in [3.63, 3.8) is 0 Å². The fourth-order valence-electron chi connectivity index (χ4n) is 2.10. The molecule has 0 fully saturated rings. The number of carbonyl (C=O) groups excluding carboxylic acids is 1. The van der Waals surface area contributed by atoms with Gasteiger partial charge in [0.05, 0.1) is 12.3 Å². The minimum Gasteiger partial charge on any atom is -0.478 e. The lowest BCUT2D eigenvalue weighted by atomic mass is 10.1. The Kier molecular flexibility index (Phi) is 4.39. The number of fused-ring (bicyclic) bond motifs is 1. The molecule has 0 spiro atoms. The molecule has 1 aliphatic heterocycles. The van der Waals surface area contributed by atoms with E-state index in [0.717, 1.165) is 5.56 Å². The van der Waals surface area contributed by atoms with Crippen LogP contribution in [0.3, 0.4) is 0 Å². The van der Waals surface area contributed by atoms with Crippen molar-refractivity contribution in [3.8, 4) is 5.75 Å². The molecule has 5 heteroatoms. The van der Waals surface area contributed by atoms with Gasteiger partial charge in [-0.25, -0.2) is 0 Å². The lowest BCUT2D eigenvalue weighted by Gasteiger charge is -2.26. The third kappa shape index (κ3) is 3.05. The van der Waals surface area contributed by atoms with Crippen molar-refractivity contribution in [1.82, 2.24) is 5.32 Å². The Balaban J connectivity index is 2.17. The van der Waals surface area contributed by atoms with Crippen molar-refractivity contribution in [2.24, 2.45) is 0 Å². The van der Waals surface area contributed by atoms with E-state index in [1.54, 1.807) is 0 Å². The predicted octanol–water partition coefficient (Wildman–Crippen LogP) is 1.44. The molecule has 1 aromatic rings. The number of rotatable bonds is 5. The summed E-state index contributed by atoms with van der Waals surface area (Å²) in [6.45, 7) is 4.60. The van der Waals surface area contributed by atoms with Gasteiger partial charge < -0.3 is 20.5 Å². The van der Waals surface area contributed by atoms with Crippen molar-refractivity contribution < 1.29 is 14.6 Å². The van der Waals surface area contributed by atoms with Crippen LogP contribution >= 0.6 is 0 Å². The molecule has 2 atom stereocenters. The molecular weight excluding hydrogens is 244 g/mol. The lowest BCUT2D eigenvalue weighted by molar-refractivity contribution is -0.123. The highest BCUT2D eigenvalue weighted by Gasteiger charge is 2.26. The molecule has 0 aliphatic carbocycles. The molecule has 0 radical (unpaired) electrons. The number of aliphatic hydroxyl groups is 1. The fourth-order valence-corrected chi connectivity index (χ4v) is 2.10. The van der Waals surface area contributed by atoms with Crippen molar-refractivity contribution in [2.75, 3.05) is 18.5 Å². The van der Waals surface area contributed by atoms with Crippen LogP contribution < -0.4 is 15.4 Å². The predicted molar refractivity (Wildman–Crippen MR) is 73.3 cm³/mol. The minimum atomic E-state index is -0.413. The van der Waals surface area contributed by atoms with Gasteiger partial charge in [0.2, 0.25) is 0 Å². The zero-order valence-corrected chi connectivity index (χ0v) is 11.3. The first-order chi connectivity index (χ1) is 9.15. The molecule has 1 aliphatic rings. The lowest BCUT2D eigenvalue weighted by Crippen LogP contribution is -2.36. The van der Waals surface area contributed by atoms with Crippen LogP contribution in [-0.4, -0.2) is 30.3 Å². The number of hydrogen-bond acceptors (Lipinski definition) is 4. The number of nitrogens with one attached hydrogen (secondary N) is 2. The quantitative estimate of drug-likeness (QED) is 0.752. The van der Waals surface area contributed by atoms with Crippen LogP contribution in [0.15, 0.2) is 18.2 Å². The van der Waals surface area contributed by atoms with Gasteiger partial charge >= 0.3 is 0 Å². The van der Waals surface area contributed by atoms with Crippen LogP contribution in [-0.2, 0) is 4.79 Å². The highest BCUT2D eigenvalue weighted by Crippen LogP contribution is 2.32.